The molecule has 0 unspecified atom stereocenters. The van der Waals surface area contributed by atoms with Gasteiger partial charge in [0.2, 0.25) is 12.2 Å². The third kappa shape index (κ3) is 11.4. The Bertz CT molecular complexity index is 1780. The molecule has 270 valence electrons. The summed E-state index contributed by atoms with van der Waals surface area (Å²) in [4.78, 5) is 4.58. The van der Waals surface area contributed by atoms with Gasteiger partial charge in [-0.25, -0.2) is 4.99 Å². The van der Waals surface area contributed by atoms with E-state index < -0.39 is 34.5 Å². The zero-order valence-electron chi connectivity index (χ0n) is 28.4. The van der Waals surface area contributed by atoms with E-state index in [2.05, 4.69) is 4.99 Å². The van der Waals surface area contributed by atoms with Crippen LogP contribution in [-0.4, -0.2) is 47.0 Å². The van der Waals surface area contributed by atoms with Crippen LogP contribution in [0.1, 0.15) is 22.3 Å². The number of hydrogen-bond donors (Lipinski definition) is 0. The zero-order valence-corrected chi connectivity index (χ0v) is 30.7. The van der Waals surface area contributed by atoms with Crippen molar-refractivity contribution in [2.45, 2.75) is 60.9 Å². The summed E-state index contributed by atoms with van der Waals surface area (Å²) in [6, 6.07) is 48.6. The second-order valence-electron chi connectivity index (χ2n) is 12.2. The summed E-state index contributed by atoms with van der Waals surface area (Å²) in [5.41, 5.74) is 4.45. The number of rotatable bonds is 15. The van der Waals surface area contributed by atoms with E-state index >= 15 is 0 Å². The Hall–Kier alpha value is -3.76. The van der Waals surface area contributed by atoms with Crippen molar-refractivity contribution >= 4 is 46.4 Å². The van der Waals surface area contributed by atoms with E-state index in [9.17, 15) is 0 Å². The van der Waals surface area contributed by atoms with Gasteiger partial charge in [0.15, 0.2) is 0 Å². The Balaban J connectivity index is 1.37. The van der Waals surface area contributed by atoms with Crippen molar-refractivity contribution in [1.82, 2.24) is 0 Å². The van der Waals surface area contributed by atoms with Crippen LogP contribution in [0.2, 0.25) is 0 Å². The molecule has 0 N–H and O–H groups in total. The first-order valence-corrected chi connectivity index (χ1v) is 18.2. The molecule has 1 heterocycles. The van der Waals surface area contributed by atoms with Crippen LogP contribution in [0.3, 0.4) is 0 Å². The number of hydrogen-bond acceptors (Lipinski definition) is 7. The molecule has 0 aromatic heterocycles. The lowest BCUT2D eigenvalue weighted by atomic mass is 9.97. The van der Waals surface area contributed by atoms with E-state index in [1.165, 1.54) is 0 Å². The topological polar surface area (TPSA) is 67.7 Å². The van der Waals surface area contributed by atoms with Gasteiger partial charge < -0.3 is 28.4 Å². The maximum atomic E-state index is 6.78. The van der Waals surface area contributed by atoms with Gasteiger partial charge in [0.25, 0.3) is 3.79 Å². The minimum Gasteiger partial charge on any atom is -0.445 e. The first-order chi connectivity index (χ1) is 25.4. The molecule has 52 heavy (non-hydrogen) atoms. The molecule has 0 saturated carbocycles. The van der Waals surface area contributed by atoms with Gasteiger partial charge in [0, 0.05) is 0 Å². The second-order valence-corrected chi connectivity index (χ2v) is 14.5. The number of nitrogens with zero attached hydrogens (tertiary/aromatic N) is 1. The fourth-order valence-corrected chi connectivity index (χ4v) is 5.99. The van der Waals surface area contributed by atoms with Gasteiger partial charge in [-0.3, -0.25) is 0 Å². The minimum atomic E-state index is -2.04. The molecule has 0 spiro atoms. The first-order valence-electron chi connectivity index (χ1n) is 17.0. The van der Waals surface area contributed by atoms with E-state index in [4.69, 9.17) is 63.2 Å². The maximum Gasteiger partial charge on any atom is 0.266 e. The fourth-order valence-electron chi connectivity index (χ4n) is 5.73. The van der Waals surface area contributed by atoms with E-state index in [-0.39, 0.29) is 25.7 Å². The Morgan fingerprint density at radius 1 is 0.519 bits per heavy atom. The highest BCUT2D eigenvalue weighted by Gasteiger charge is 2.51. The molecular weight excluding hydrogens is 721 g/mol. The molecule has 1 aliphatic rings. The molecule has 10 heteroatoms. The molecule has 5 aromatic carbocycles. The Morgan fingerprint density at radius 3 is 1.38 bits per heavy atom. The smallest absolute Gasteiger partial charge is 0.266 e. The highest BCUT2D eigenvalue weighted by molar-refractivity contribution is 6.76. The van der Waals surface area contributed by atoms with Crippen molar-refractivity contribution in [2.75, 3.05) is 6.61 Å². The third-order valence-corrected chi connectivity index (χ3v) is 8.78. The van der Waals surface area contributed by atoms with E-state index in [1.54, 1.807) is 12.1 Å². The number of aliphatic imine (C=N–C) groups is 1. The fraction of sp³-hybridized carbons (Fsp3) is 0.262. The number of benzene rings is 5. The van der Waals surface area contributed by atoms with Crippen LogP contribution in [0.4, 0.5) is 5.69 Å². The van der Waals surface area contributed by atoms with Crippen molar-refractivity contribution in [3.05, 3.63) is 174 Å². The molecule has 0 bridgehead atoms. The molecule has 0 radical (unpaired) electrons. The molecule has 1 saturated heterocycles. The lowest BCUT2D eigenvalue weighted by Crippen LogP contribution is -2.62. The van der Waals surface area contributed by atoms with Crippen LogP contribution in [0.25, 0.3) is 0 Å². The predicted octanol–water partition coefficient (Wildman–Crippen LogP) is 9.80. The van der Waals surface area contributed by atoms with Crippen LogP contribution in [0, 0.1) is 0 Å². The first kappa shape index (κ1) is 38.0. The van der Waals surface area contributed by atoms with Crippen LogP contribution in [0.15, 0.2) is 157 Å². The summed E-state index contributed by atoms with van der Waals surface area (Å²) in [6.45, 7) is 1.28. The Kier molecular flexibility index (Phi) is 14.1. The van der Waals surface area contributed by atoms with Crippen LogP contribution < -0.4 is 0 Å². The van der Waals surface area contributed by atoms with Crippen LogP contribution in [-0.2, 0) is 54.8 Å². The van der Waals surface area contributed by atoms with Gasteiger partial charge in [-0.2, -0.15) is 0 Å². The summed E-state index contributed by atoms with van der Waals surface area (Å²) in [6.07, 6.45) is -4.11. The molecule has 0 amide bonds. The summed E-state index contributed by atoms with van der Waals surface area (Å²) < 4.78 is 37.6. The SMILES string of the molecule is ClC(Cl)(Cl)C(=Nc1ccccc1)O[C@H]1O[C@H](COCc2ccccc2)[C@@H](OCc2ccccc2)[C@H](OCc2ccccc2)[C@@H]1OCc1ccccc1. The van der Waals surface area contributed by atoms with Crippen molar-refractivity contribution < 1.29 is 28.4 Å². The van der Waals surface area contributed by atoms with Crippen LogP contribution in [0.5, 0.6) is 0 Å². The molecule has 0 aliphatic carbocycles. The predicted molar refractivity (Wildman–Crippen MR) is 205 cm³/mol. The zero-order chi connectivity index (χ0) is 36.0. The molecular formula is C42H40Cl3NO6. The highest BCUT2D eigenvalue weighted by Crippen LogP contribution is 2.36. The average Bonchev–Trinajstić information content (AvgIpc) is 3.17. The van der Waals surface area contributed by atoms with E-state index in [0.29, 0.717) is 18.9 Å². The van der Waals surface area contributed by atoms with Crippen LogP contribution >= 0.6 is 34.8 Å². The maximum absolute atomic E-state index is 6.78. The number of halogens is 3. The minimum absolute atomic E-state index is 0.143. The van der Waals surface area contributed by atoms with E-state index in [0.717, 1.165) is 22.3 Å². The van der Waals surface area contributed by atoms with E-state index in [1.807, 2.05) is 140 Å². The lowest BCUT2D eigenvalue weighted by molar-refractivity contribution is -0.313. The second kappa shape index (κ2) is 19.4. The third-order valence-electron chi connectivity index (χ3n) is 8.30. The molecule has 6 rings (SSSR count). The summed E-state index contributed by atoms with van der Waals surface area (Å²) in [5.74, 6) is -0.184. The number of para-hydroxylation sites is 1. The van der Waals surface area contributed by atoms with Gasteiger partial charge in [0.05, 0.1) is 38.7 Å². The van der Waals surface area contributed by atoms with Crippen molar-refractivity contribution in [3.8, 4) is 0 Å². The molecule has 5 aromatic rings. The van der Waals surface area contributed by atoms with Gasteiger partial charge in [0.1, 0.15) is 24.4 Å². The quantitative estimate of drug-likeness (QED) is 0.0602. The molecule has 1 aliphatic heterocycles. The van der Waals surface area contributed by atoms with Crippen molar-refractivity contribution in [1.29, 1.82) is 0 Å². The normalized spacial score (nSPS) is 20.8. The molecule has 1 fully saturated rings. The van der Waals surface area contributed by atoms with Gasteiger partial charge >= 0.3 is 0 Å². The summed E-state index contributed by atoms with van der Waals surface area (Å²) >= 11 is 19.5. The molecule has 5 atom stereocenters. The highest BCUT2D eigenvalue weighted by atomic mass is 35.6. The van der Waals surface area contributed by atoms with Crippen molar-refractivity contribution in [3.63, 3.8) is 0 Å². The van der Waals surface area contributed by atoms with Gasteiger partial charge in [-0.15, -0.1) is 0 Å². The average molecular weight is 761 g/mol. The van der Waals surface area contributed by atoms with Gasteiger partial charge in [-0.1, -0.05) is 174 Å². The summed E-state index contributed by atoms with van der Waals surface area (Å²) in [7, 11) is 0. The summed E-state index contributed by atoms with van der Waals surface area (Å²) in [5, 5.41) is 0. The lowest BCUT2D eigenvalue weighted by Gasteiger charge is -2.46. The Morgan fingerprint density at radius 2 is 0.923 bits per heavy atom. The molecule has 7 nitrogen and oxygen atoms in total. The van der Waals surface area contributed by atoms with Crippen molar-refractivity contribution in [2.24, 2.45) is 4.99 Å². The standard InChI is InChI=1S/C42H40Cl3NO6/c43-42(44,45)41(46-35-24-14-5-15-25-35)52-40-39(50-29-34-22-12-4-13-23-34)38(49-28-33-20-10-3-11-21-33)37(48-27-32-18-8-2-9-19-32)36(51-40)30-47-26-31-16-6-1-7-17-31/h1-25,36-40H,26-30H2/t36-,37-,38+,39+,40-/m1/s1. The number of alkyl halides is 3. The number of ether oxygens (including phenoxy) is 6. The Labute approximate surface area is 320 Å². The monoisotopic (exact) mass is 759 g/mol. The van der Waals surface area contributed by atoms with Gasteiger partial charge in [-0.05, 0) is 34.4 Å². The largest absolute Gasteiger partial charge is 0.445 e.